The molecule has 0 aliphatic carbocycles. The molecule has 1 N–H and O–H groups in total. The molecule has 0 saturated carbocycles. The second-order valence-corrected chi connectivity index (χ2v) is 10.5. The van der Waals surface area contributed by atoms with Crippen molar-refractivity contribution in [1.29, 1.82) is 0 Å². The zero-order chi connectivity index (χ0) is 29.4. The van der Waals surface area contributed by atoms with Crippen LogP contribution in [0.1, 0.15) is 32.6 Å². The smallest absolute Gasteiger partial charge is 0.232 e. The van der Waals surface area contributed by atoms with Crippen LogP contribution in [0.2, 0.25) is 0 Å². The lowest BCUT2D eigenvalue weighted by molar-refractivity contribution is 0.101. The first-order chi connectivity index (χ1) is 20.4. The molecular weight excluding hydrogens is 540 g/mol. The molecule has 10 heteroatoms. The van der Waals surface area contributed by atoms with Crippen LogP contribution in [0.3, 0.4) is 0 Å². The van der Waals surface area contributed by atoms with Gasteiger partial charge >= 0.3 is 0 Å². The molecule has 0 aromatic heterocycles. The van der Waals surface area contributed by atoms with E-state index < -0.39 is 0 Å². The minimum Gasteiger partial charge on any atom is -0.507 e. The number of Topliss-reactive ketones (excluding diaryl/α,β-unsaturated/α-hetero) is 1. The quantitative estimate of drug-likeness (QED) is 0.390. The number of phenolic OH excluding ortho intramolecular Hbond substituents is 1. The van der Waals surface area contributed by atoms with Crippen LogP contribution in [0, 0.1) is 6.92 Å². The Hall–Kier alpha value is -4.41. The summed E-state index contributed by atoms with van der Waals surface area (Å²) < 4.78 is 33.4. The number of carbonyl (C=O) groups is 1. The fourth-order valence-corrected chi connectivity index (χ4v) is 5.70. The minimum absolute atomic E-state index is 0.121. The molecule has 3 aliphatic heterocycles. The van der Waals surface area contributed by atoms with Gasteiger partial charge in [0, 0.05) is 39.3 Å². The fraction of sp³-hybridized carbons (Fsp3) is 0.344. The molecule has 3 aromatic carbocycles. The number of aromatic hydroxyl groups is 1. The molecule has 3 aromatic rings. The van der Waals surface area contributed by atoms with Crippen molar-refractivity contribution in [3.8, 4) is 40.2 Å². The number of allylic oxidation sites excluding steroid dienone is 1. The van der Waals surface area contributed by atoms with E-state index in [1.807, 2.05) is 12.1 Å². The van der Waals surface area contributed by atoms with E-state index in [1.165, 1.54) is 26.9 Å². The van der Waals surface area contributed by atoms with E-state index in [1.54, 1.807) is 31.2 Å². The SMILES string of the molecule is COc1cc(/C=C2\Oc3c(CN4CCN(Cc5ccc6c(c5)OCO6)CC4)c(O)cc(C)c3C2=O)cc(OC)c1OC. The van der Waals surface area contributed by atoms with Crippen molar-refractivity contribution in [3.05, 3.63) is 70.0 Å². The average molecular weight is 575 g/mol. The third-order valence-corrected chi connectivity index (χ3v) is 7.90. The van der Waals surface area contributed by atoms with E-state index in [2.05, 4.69) is 15.9 Å². The summed E-state index contributed by atoms with van der Waals surface area (Å²) in [6.07, 6.45) is 1.65. The van der Waals surface area contributed by atoms with E-state index in [4.69, 9.17) is 28.4 Å². The second kappa shape index (κ2) is 11.5. The molecule has 0 bridgehead atoms. The number of piperazine rings is 1. The Morgan fingerprint density at radius 3 is 2.21 bits per heavy atom. The third-order valence-electron chi connectivity index (χ3n) is 7.90. The highest BCUT2D eigenvalue weighted by Crippen LogP contribution is 2.44. The first-order valence-corrected chi connectivity index (χ1v) is 13.8. The van der Waals surface area contributed by atoms with Crippen LogP contribution >= 0.6 is 0 Å². The molecule has 0 amide bonds. The lowest BCUT2D eigenvalue weighted by Crippen LogP contribution is -2.45. The van der Waals surface area contributed by atoms with Crippen LogP contribution in [0.4, 0.5) is 0 Å². The first kappa shape index (κ1) is 27.7. The topological polar surface area (TPSA) is 99.2 Å². The number of ether oxygens (including phenoxy) is 6. The Bertz CT molecular complexity index is 1530. The van der Waals surface area contributed by atoms with Gasteiger partial charge in [-0.25, -0.2) is 0 Å². The Morgan fingerprint density at radius 2 is 1.55 bits per heavy atom. The summed E-state index contributed by atoms with van der Waals surface area (Å²) in [5.41, 5.74) is 3.59. The minimum atomic E-state index is -0.231. The maximum atomic E-state index is 13.5. The molecule has 0 spiro atoms. The molecule has 0 atom stereocenters. The van der Waals surface area contributed by atoms with Gasteiger partial charge in [-0.3, -0.25) is 14.6 Å². The monoisotopic (exact) mass is 574 g/mol. The molecule has 3 heterocycles. The normalized spacial score (nSPS) is 17.3. The Labute approximate surface area is 244 Å². The van der Waals surface area contributed by atoms with E-state index >= 15 is 0 Å². The number of carbonyl (C=O) groups excluding carboxylic acids is 1. The number of phenols is 1. The van der Waals surface area contributed by atoms with Gasteiger partial charge in [0.1, 0.15) is 11.5 Å². The van der Waals surface area contributed by atoms with Crippen LogP contribution in [0.5, 0.6) is 40.2 Å². The van der Waals surface area contributed by atoms with E-state index in [0.29, 0.717) is 51.8 Å². The summed E-state index contributed by atoms with van der Waals surface area (Å²) in [6, 6.07) is 11.2. The van der Waals surface area contributed by atoms with E-state index in [0.717, 1.165) is 44.2 Å². The summed E-state index contributed by atoms with van der Waals surface area (Å²) in [7, 11) is 4.61. The number of hydrogen-bond donors (Lipinski definition) is 1. The number of fused-ring (bicyclic) bond motifs is 2. The summed E-state index contributed by atoms with van der Waals surface area (Å²) in [5.74, 6) is 3.46. The van der Waals surface area contributed by atoms with Gasteiger partial charge in [-0.05, 0) is 60.0 Å². The van der Waals surface area contributed by atoms with Crippen LogP contribution in [-0.2, 0) is 13.1 Å². The van der Waals surface area contributed by atoms with Gasteiger partial charge in [0.05, 0.1) is 32.5 Å². The highest BCUT2D eigenvalue weighted by Gasteiger charge is 2.34. The van der Waals surface area contributed by atoms with Gasteiger partial charge in [-0.1, -0.05) is 6.07 Å². The van der Waals surface area contributed by atoms with Crippen molar-refractivity contribution >= 4 is 11.9 Å². The first-order valence-electron chi connectivity index (χ1n) is 13.8. The molecule has 1 fully saturated rings. The van der Waals surface area contributed by atoms with Crippen molar-refractivity contribution in [2.24, 2.45) is 0 Å². The predicted octanol–water partition coefficient (Wildman–Crippen LogP) is 4.39. The molecule has 0 unspecified atom stereocenters. The predicted molar refractivity (Wildman–Crippen MR) is 155 cm³/mol. The number of hydrogen-bond acceptors (Lipinski definition) is 10. The summed E-state index contributed by atoms with van der Waals surface area (Å²) in [5, 5.41) is 10.9. The Kier molecular flexibility index (Phi) is 7.57. The second-order valence-electron chi connectivity index (χ2n) is 10.5. The lowest BCUT2D eigenvalue weighted by Gasteiger charge is -2.35. The van der Waals surface area contributed by atoms with E-state index in [9.17, 15) is 9.90 Å². The highest BCUT2D eigenvalue weighted by molar-refractivity contribution is 6.16. The summed E-state index contributed by atoms with van der Waals surface area (Å²) in [6.45, 7) is 6.74. The molecule has 3 aliphatic rings. The molecule has 10 nitrogen and oxygen atoms in total. The van der Waals surface area contributed by atoms with Crippen LogP contribution < -0.4 is 28.4 Å². The number of methoxy groups -OCH3 is 3. The van der Waals surface area contributed by atoms with Gasteiger partial charge < -0.3 is 33.5 Å². The number of benzene rings is 3. The van der Waals surface area contributed by atoms with Gasteiger partial charge in [-0.15, -0.1) is 0 Å². The molecule has 42 heavy (non-hydrogen) atoms. The van der Waals surface area contributed by atoms with Crippen molar-refractivity contribution in [3.63, 3.8) is 0 Å². The molecule has 1 saturated heterocycles. The number of aryl methyl sites for hydroxylation is 1. The lowest BCUT2D eigenvalue weighted by atomic mass is 9.99. The van der Waals surface area contributed by atoms with Crippen LogP contribution in [-0.4, -0.2) is 75.0 Å². The fourth-order valence-electron chi connectivity index (χ4n) is 5.70. The van der Waals surface area contributed by atoms with E-state index in [-0.39, 0.29) is 24.1 Å². The zero-order valence-electron chi connectivity index (χ0n) is 24.2. The highest BCUT2D eigenvalue weighted by atomic mass is 16.7. The largest absolute Gasteiger partial charge is 0.507 e. The Morgan fingerprint density at radius 1 is 0.881 bits per heavy atom. The summed E-state index contributed by atoms with van der Waals surface area (Å²) in [4.78, 5) is 18.2. The number of ketones is 1. The standard InChI is InChI=1S/C32H34N2O8/c1-19-11-23(35)22(17-34-9-7-33(8-10-34)16-20-5-6-24-25(12-20)41-18-40-24)31-29(19)30(36)26(42-31)13-21-14-27(37-2)32(39-4)28(15-21)38-3/h5-6,11-15,35H,7-10,16-18H2,1-4H3/b26-13-. The van der Waals surface area contributed by atoms with Crippen molar-refractivity contribution in [1.82, 2.24) is 9.80 Å². The van der Waals surface area contributed by atoms with Gasteiger partial charge in [0.15, 0.2) is 28.8 Å². The number of nitrogens with zero attached hydrogens (tertiary/aromatic N) is 2. The Balaban J connectivity index is 1.18. The van der Waals surface area contributed by atoms with Crippen molar-refractivity contribution < 1.29 is 38.3 Å². The molecule has 220 valence electrons. The maximum absolute atomic E-state index is 13.5. The summed E-state index contributed by atoms with van der Waals surface area (Å²) >= 11 is 0. The molecule has 6 rings (SSSR count). The van der Waals surface area contributed by atoms with Crippen LogP contribution in [0.25, 0.3) is 6.08 Å². The average Bonchev–Trinajstić information content (AvgIpc) is 3.59. The third kappa shape index (κ3) is 5.19. The maximum Gasteiger partial charge on any atom is 0.232 e. The molecular formula is C32H34N2O8. The number of rotatable bonds is 8. The van der Waals surface area contributed by atoms with Crippen molar-refractivity contribution in [2.45, 2.75) is 20.0 Å². The van der Waals surface area contributed by atoms with Crippen molar-refractivity contribution in [2.75, 3.05) is 54.3 Å². The van der Waals surface area contributed by atoms with Gasteiger partial charge in [0.2, 0.25) is 18.3 Å². The van der Waals surface area contributed by atoms with Gasteiger partial charge in [0.25, 0.3) is 0 Å². The van der Waals surface area contributed by atoms with Gasteiger partial charge in [-0.2, -0.15) is 0 Å². The molecule has 0 radical (unpaired) electrons. The zero-order valence-corrected chi connectivity index (χ0v) is 24.2. The van der Waals surface area contributed by atoms with Crippen LogP contribution in [0.15, 0.2) is 42.2 Å².